The molecule has 0 aliphatic rings. The van der Waals surface area contributed by atoms with Gasteiger partial charge in [0.05, 0.1) is 10.4 Å². The van der Waals surface area contributed by atoms with E-state index in [9.17, 15) is 4.79 Å². The van der Waals surface area contributed by atoms with E-state index in [1.807, 2.05) is 19.9 Å². The molecule has 6 nitrogen and oxygen atoms in total. The van der Waals surface area contributed by atoms with Crippen LogP contribution < -0.4 is 10.6 Å². The summed E-state index contributed by atoms with van der Waals surface area (Å²) in [5, 5.41) is 5.83. The number of hydrogen-bond acceptors (Lipinski definition) is 6. The van der Waals surface area contributed by atoms with Crippen molar-refractivity contribution in [2.75, 3.05) is 10.6 Å². The van der Waals surface area contributed by atoms with Gasteiger partial charge in [0.2, 0.25) is 17.8 Å². The van der Waals surface area contributed by atoms with Crippen LogP contribution in [0.15, 0.2) is 6.07 Å². The van der Waals surface area contributed by atoms with E-state index in [4.69, 9.17) is 11.6 Å². The van der Waals surface area contributed by atoms with Gasteiger partial charge in [-0.1, -0.05) is 18.5 Å². The number of hydrogen-bond donors (Lipinski definition) is 2. The van der Waals surface area contributed by atoms with Crippen LogP contribution in [0.5, 0.6) is 0 Å². The summed E-state index contributed by atoms with van der Waals surface area (Å²) >= 11 is 7.77. The molecule has 0 aromatic carbocycles. The second kappa shape index (κ2) is 7.02. The topological polar surface area (TPSA) is 79.8 Å². The van der Waals surface area contributed by atoms with Gasteiger partial charge >= 0.3 is 0 Å². The number of nitrogens with zero attached hydrogens (tertiary/aromatic N) is 3. The van der Waals surface area contributed by atoms with E-state index < -0.39 is 0 Å². The molecule has 0 radical (unpaired) electrons. The van der Waals surface area contributed by atoms with Gasteiger partial charge in [0.25, 0.3) is 0 Å². The van der Waals surface area contributed by atoms with E-state index in [0.29, 0.717) is 18.2 Å². The Balaban J connectivity index is 2.18. The molecule has 2 aromatic heterocycles. The molecular formula is C14H18ClN5OS. The molecule has 2 rings (SSSR count). The second-order valence-corrected chi connectivity index (χ2v) is 6.74. The quantitative estimate of drug-likeness (QED) is 0.867. The zero-order valence-electron chi connectivity index (χ0n) is 12.9. The van der Waals surface area contributed by atoms with Gasteiger partial charge in [-0.3, -0.25) is 10.1 Å². The highest BCUT2D eigenvalue weighted by Crippen LogP contribution is 2.32. The summed E-state index contributed by atoms with van der Waals surface area (Å²) in [6.07, 6.45) is 0.369. The Hall–Kier alpha value is -1.73. The standard InChI is InChI=1S/C14H18ClN5OS/c1-5-11(21)19-14-18-9(4)17-13(20-14)16-8(3)10-6-7(2)22-12(10)15/h6,8H,5H2,1-4H3,(H2,16,17,18,19,20,21). The Kier molecular flexibility index (Phi) is 5.31. The fourth-order valence-electron chi connectivity index (χ4n) is 1.89. The Bertz CT molecular complexity index is 688. The van der Waals surface area contributed by atoms with Crippen molar-refractivity contribution in [2.45, 2.75) is 40.2 Å². The van der Waals surface area contributed by atoms with Crippen molar-refractivity contribution in [3.63, 3.8) is 0 Å². The Morgan fingerprint density at radius 2 is 2.00 bits per heavy atom. The molecular weight excluding hydrogens is 322 g/mol. The van der Waals surface area contributed by atoms with E-state index in [-0.39, 0.29) is 17.9 Å². The minimum absolute atomic E-state index is 0.0472. The number of nitrogens with one attached hydrogen (secondary N) is 2. The summed E-state index contributed by atoms with van der Waals surface area (Å²) in [6, 6.07) is 1.99. The normalized spacial score (nSPS) is 12.0. The van der Waals surface area contributed by atoms with Crippen molar-refractivity contribution in [1.29, 1.82) is 0 Å². The summed E-state index contributed by atoms with van der Waals surface area (Å²) in [5.74, 6) is 1.05. The second-order valence-electron chi connectivity index (χ2n) is 4.88. The minimum atomic E-state index is -0.138. The molecule has 1 amide bonds. The van der Waals surface area contributed by atoms with Crippen LogP contribution in [-0.2, 0) is 4.79 Å². The first-order valence-corrected chi connectivity index (χ1v) is 8.13. The highest BCUT2D eigenvalue weighted by molar-refractivity contribution is 7.16. The molecule has 0 saturated heterocycles. The molecule has 1 atom stereocenters. The van der Waals surface area contributed by atoms with Crippen LogP contribution in [0.2, 0.25) is 4.34 Å². The van der Waals surface area contributed by atoms with E-state index in [1.54, 1.807) is 25.2 Å². The Morgan fingerprint density at radius 3 is 2.59 bits per heavy atom. The largest absolute Gasteiger partial charge is 0.347 e. The molecule has 22 heavy (non-hydrogen) atoms. The number of carbonyl (C=O) groups excluding carboxylic acids is 1. The lowest BCUT2D eigenvalue weighted by atomic mass is 10.2. The lowest BCUT2D eigenvalue weighted by molar-refractivity contribution is -0.115. The van der Waals surface area contributed by atoms with Crippen LogP contribution in [0.1, 0.15) is 42.6 Å². The third kappa shape index (κ3) is 4.14. The van der Waals surface area contributed by atoms with Gasteiger partial charge < -0.3 is 5.32 Å². The van der Waals surface area contributed by atoms with Gasteiger partial charge in [-0.05, 0) is 26.8 Å². The molecule has 0 aliphatic carbocycles. The van der Waals surface area contributed by atoms with Crippen molar-refractivity contribution in [1.82, 2.24) is 15.0 Å². The highest BCUT2D eigenvalue weighted by atomic mass is 35.5. The lowest BCUT2D eigenvalue weighted by Gasteiger charge is -2.14. The van der Waals surface area contributed by atoms with E-state index in [2.05, 4.69) is 25.6 Å². The maximum atomic E-state index is 11.4. The van der Waals surface area contributed by atoms with Gasteiger partial charge in [-0.2, -0.15) is 15.0 Å². The number of amides is 1. The zero-order chi connectivity index (χ0) is 16.3. The van der Waals surface area contributed by atoms with Gasteiger partial charge in [-0.15, -0.1) is 11.3 Å². The van der Waals surface area contributed by atoms with Gasteiger partial charge in [-0.25, -0.2) is 0 Å². The minimum Gasteiger partial charge on any atom is -0.347 e. The van der Waals surface area contributed by atoms with Crippen molar-refractivity contribution in [3.05, 3.63) is 26.7 Å². The highest BCUT2D eigenvalue weighted by Gasteiger charge is 2.15. The number of thiophene rings is 1. The summed E-state index contributed by atoms with van der Waals surface area (Å²) in [4.78, 5) is 25.2. The molecule has 2 heterocycles. The molecule has 118 valence electrons. The summed E-state index contributed by atoms with van der Waals surface area (Å²) < 4.78 is 0.753. The third-order valence-electron chi connectivity index (χ3n) is 2.97. The van der Waals surface area contributed by atoms with Crippen LogP contribution >= 0.6 is 22.9 Å². The van der Waals surface area contributed by atoms with Gasteiger partial charge in [0, 0.05) is 16.9 Å². The number of carbonyl (C=O) groups is 1. The molecule has 2 N–H and O–H groups in total. The Labute approximate surface area is 138 Å². The SMILES string of the molecule is CCC(=O)Nc1nc(C)nc(NC(C)c2cc(C)sc2Cl)n1. The van der Waals surface area contributed by atoms with Crippen LogP contribution in [-0.4, -0.2) is 20.9 Å². The number of anilines is 2. The molecule has 1 unspecified atom stereocenters. The van der Waals surface area contributed by atoms with E-state index >= 15 is 0 Å². The maximum absolute atomic E-state index is 11.4. The number of aryl methyl sites for hydroxylation is 2. The van der Waals surface area contributed by atoms with Crippen molar-refractivity contribution in [2.24, 2.45) is 0 Å². The summed E-state index contributed by atoms with van der Waals surface area (Å²) in [7, 11) is 0. The number of halogens is 1. The van der Waals surface area contributed by atoms with Crippen molar-refractivity contribution in [3.8, 4) is 0 Å². The first-order chi connectivity index (χ1) is 10.4. The van der Waals surface area contributed by atoms with E-state index in [1.165, 1.54) is 0 Å². The lowest BCUT2D eigenvalue weighted by Crippen LogP contribution is -2.16. The average molecular weight is 340 g/mol. The first-order valence-electron chi connectivity index (χ1n) is 6.94. The van der Waals surface area contributed by atoms with Crippen LogP contribution in [0.3, 0.4) is 0 Å². The third-order valence-corrected chi connectivity index (χ3v) is 4.27. The van der Waals surface area contributed by atoms with Crippen LogP contribution in [0.4, 0.5) is 11.9 Å². The van der Waals surface area contributed by atoms with Gasteiger partial charge in [0.1, 0.15) is 5.82 Å². The first kappa shape index (κ1) is 16.6. The Morgan fingerprint density at radius 1 is 1.32 bits per heavy atom. The number of rotatable bonds is 5. The maximum Gasteiger partial charge on any atom is 0.234 e. The molecule has 0 aliphatic heterocycles. The predicted molar refractivity (Wildman–Crippen MR) is 89.6 cm³/mol. The molecule has 0 saturated carbocycles. The fourth-order valence-corrected chi connectivity index (χ4v) is 3.29. The molecule has 2 aromatic rings. The molecule has 0 fully saturated rings. The molecule has 0 spiro atoms. The van der Waals surface area contributed by atoms with E-state index in [0.717, 1.165) is 14.8 Å². The van der Waals surface area contributed by atoms with Crippen LogP contribution in [0, 0.1) is 13.8 Å². The summed E-state index contributed by atoms with van der Waals surface area (Å²) in [5.41, 5.74) is 1.00. The van der Waals surface area contributed by atoms with Crippen LogP contribution in [0.25, 0.3) is 0 Å². The average Bonchev–Trinajstić information content (AvgIpc) is 2.77. The fraction of sp³-hybridized carbons (Fsp3) is 0.429. The van der Waals surface area contributed by atoms with Crippen molar-refractivity contribution >= 4 is 40.7 Å². The monoisotopic (exact) mass is 339 g/mol. The number of aromatic nitrogens is 3. The molecule has 0 bridgehead atoms. The molecule has 8 heteroatoms. The zero-order valence-corrected chi connectivity index (χ0v) is 14.5. The predicted octanol–water partition coefficient (Wildman–Crippen LogP) is 3.72. The smallest absolute Gasteiger partial charge is 0.234 e. The van der Waals surface area contributed by atoms with Gasteiger partial charge in [0.15, 0.2) is 0 Å². The van der Waals surface area contributed by atoms with Crippen molar-refractivity contribution < 1.29 is 4.79 Å². The summed E-state index contributed by atoms with van der Waals surface area (Å²) in [6.45, 7) is 7.52.